The topological polar surface area (TPSA) is 47.0 Å². The van der Waals surface area contributed by atoms with E-state index in [1.165, 1.54) is 19.2 Å². The van der Waals surface area contributed by atoms with Crippen molar-refractivity contribution in [2.24, 2.45) is 0 Å². The number of halogens is 2. The van der Waals surface area contributed by atoms with Crippen molar-refractivity contribution in [2.45, 2.75) is 6.61 Å². The highest BCUT2D eigenvalue weighted by Crippen LogP contribution is 2.22. The maximum atomic E-state index is 13.2. The van der Waals surface area contributed by atoms with E-state index in [9.17, 15) is 8.78 Å². The molecule has 2 rings (SSSR count). The first kappa shape index (κ1) is 13.4. The van der Waals surface area contributed by atoms with Crippen molar-refractivity contribution in [2.75, 3.05) is 19.5 Å². The van der Waals surface area contributed by atoms with Gasteiger partial charge in [0.15, 0.2) is 5.82 Å². The molecule has 0 radical (unpaired) electrons. The summed E-state index contributed by atoms with van der Waals surface area (Å²) in [5.41, 5.74) is 0.790. The first-order chi connectivity index (χ1) is 9.12. The predicted molar refractivity (Wildman–Crippen MR) is 67.6 cm³/mol. The largest absolute Gasteiger partial charge is 0.377 e. The molecule has 1 N–H and O–H groups in total. The molecule has 100 valence electrons. The van der Waals surface area contributed by atoms with Gasteiger partial charge in [-0.15, -0.1) is 0 Å². The molecule has 0 bridgehead atoms. The third-order valence-electron chi connectivity index (χ3n) is 2.46. The number of nitrogens with one attached hydrogen (secondary N) is 1. The van der Waals surface area contributed by atoms with E-state index in [-0.39, 0.29) is 6.61 Å². The Balaban J connectivity index is 2.50. The normalized spacial score (nSPS) is 10.5. The lowest BCUT2D eigenvalue weighted by Gasteiger charge is -2.08. The van der Waals surface area contributed by atoms with Crippen LogP contribution in [0, 0.1) is 11.6 Å². The first-order valence-electron chi connectivity index (χ1n) is 5.63. The molecule has 0 aliphatic carbocycles. The van der Waals surface area contributed by atoms with Crippen LogP contribution in [-0.4, -0.2) is 24.1 Å². The molecule has 2 aromatic rings. The summed E-state index contributed by atoms with van der Waals surface area (Å²) in [6.45, 7) is 0.223. The van der Waals surface area contributed by atoms with E-state index in [2.05, 4.69) is 15.3 Å². The molecule has 0 fully saturated rings. The average Bonchev–Trinajstić information content (AvgIpc) is 2.37. The van der Waals surface area contributed by atoms with Gasteiger partial charge in [0.05, 0.1) is 5.69 Å². The van der Waals surface area contributed by atoms with Crippen molar-refractivity contribution in [3.8, 4) is 11.3 Å². The van der Waals surface area contributed by atoms with Crippen molar-refractivity contribution >= 4 is 5.82 Å². The molecule has 1 aromatic heterocycles. The highest BCUT2D eigenvalue weighted by atomic mass is 19.1. The Morgan fingerprint density at radius 2 is 1.79 bits per heavy atom. The summed E-state index contributed by atoms with van der Waals surface area (Å²) in [4.78, 5) is 8.39. The Bertz CT molecular complexity index is 570. The van der Waals surface area contributed by atoms with E-state index in [1.807, 2.05) is 0 Å². The number of nitrogens with zero attached hydrogens (tertiary/aromatic N) is 2. The van der Waals surface area contributed by atoms with Gasteiger partial charge in [0.1, 0.15) is 24.1 Å². The molecule has 0 spiro atoms. The summed E-state index contributed by atoms with van der Waals surface area (Å²) >= 11 is 0. The molecule has 6 heteroatoms. The molecule has 0 atom stereocenters. The third-order valence-corrected chi connectivity index (χ3v) is 2.46. The summed E-state index contributed by atoms with van der Waals surface area (Å²) in [6.07, 6.45) is 0. The summed E-state index contributed by atoms with van der Waals surface area (Å²) < 4.78 is 31.4. The molecule has 0 aliphatic heterocycles. The molecular formula is C13H13F2N3O. The van der Waals surface area contributed by atoms with Gasteiger partial charge in [-0.1, -0.05) is 0 Å². The molecular weight excluding hydrogens is 252 g/mol. The maximum absolute atomic E-state index is 13.2. The minimum absolute atomic E-state index is 0.223. The van der Waals surface area contributed by atoms with Crippen LogP contribution in [0.3, 0.4) is 0 Å². The van der Waals surface area contributed by atoms with Crippen molar-refractivity contribution in [3.63, 3.8) is 0 Å². The second kappa shape index (κ2) is 5.71. The van der Waals surface area contributed by atoms with Gasteiger partial charge in [-0.25, -0.2) is 18.7 Å². The number of ether oxygens (including phenoxy) is 1. The first-order valence-corrected chi connectivity index (χ1v) is 5.63. The quantitative estimate of drug-likeness (QED) is 0.923. The van der Waals surface area contributed by atoms with Crippen LogP contribution in [0.25, 0.3) is 11.3 Å². The molecule has 0 unspecified atom stereocenters. The highest BCUT2D eigenvalue weighted by molar-refractivity contribution is 5.62. The zero-order valence-electron chi connectivity index (χ0n) is 10.6. The number of benzene rings is 1. The smallest absolute Gasteiger partial charge is 0.157 e. The van der Waals surface area contributed by atoms with Crippen LogP contribution in [-0.2, 0) is 11.3 Å². The zero-order chi connectivity index (χ0) is 13.8. The van der Waals surface area contributed by atoms with E-state index >= 15 is 0 Å². The standard InChI is InChI=1S/C13H13F2N3O/c1-16-12-6-11(17-13(18-12)7-19-2)8-3-9(14)5-10(15)4-8/h3-6H,7H2,1-2H3,(H,16,17,18). The molecule has 0 amide bonds. The van der Waals surface area contributed by atoms with E-state index in [0.717, 1.165) is 6.07 Å². The molecule has 0 saturated heterocycles. The molecule has 4 nitrogen and oxygen atoms in total. The summed E-state index contributed by atoms with van der Waals surface area (Å²) in [6, 6.07) is 4.88. The number of anilines is 1. The van der Waals surface area contributed by atoms with E-state index in [0.29, 0.717) is 22.9 Å². The molecule has 1 aromatic carbocycles. The number of hydrogen-bond acceptors (Lipinski definition) is 4. The fourth-order valence-electron chi connectivity index (χ4n) is 1.67. The molecule has 0 saturated carbocycles. The van der Waals surface area contributed by atoms with E-state index in [1.54, 1.807) is 13.1 Å². The Morgan fingerprint density at radius 1 is 1.11 bits per heavy atom. The lowest BCUT2D eigenvalue weighted by Crippen LogP contribution is -2.03. The van der Waals surface area contributed by atoms with E-state index in [4.69, 9.17) is 4.74 Å². The zero-order valence-corrected chi connectivity index (χ0v) is 10.6. The van der Waals surface area contributed by atoms with Gasteiger partial charge in [0.2, 0.25) is 0 Å². The lowest BCUT2D eigenvalue weighted by atomic mass is 10.1. The SMILES string of the molecule is CNc1cc(-c2cc(F)cc(F)c2)nc(COC)n1. The fraction of sp³-hybridized carbons (Fsp3) is 0.231. The molecule has 19 heavy (non-hydrogen) atoms. The average molecular weight is 265 g/mol. The third kappa shape index (κ3) is 3.23. The molecule has 1 heterocycles. The van der Waals surface area contributed by atoms with Gasteiger partial charge < -0.3 is 10.1 Å². The predicted octanol–water partition coefficient (Wildman–Crippen LogP) is 2.61. The van der Waals surface area contributed by atoms with Gasteiger partial charge in [-0.2, -0.15) is 0 Å². The number of methoxy groups -OCH3 is 1. The van der Waals surface area contributed by atoms with Gasteiger partial charge in [0.25, 0.3) is 0 Å². The number of aromatic nitrogens is 2. The van der Waals surface area contributed by atoms with Crippen LogP contribution in [0.5, 0.6) is 0 Å². The monoisotopic (exact) mass is 265 g/mol. The second-order valence-electron chi connectivity index (χ2n) is 3.90. The van der Waals surface area contributed by atoms with Gasteiger partial charge in [0, 0.05) is 31.9 Å². The minimum Gasteiger partial charge on any atom is -0.377 e. The van der Waals surface area contributed by atoms with E-state index < -0.39 is 11.6 Å². The van der Waals surface area contributed by atoms with Crippen LogP contribution in [0.15, 0.2) is 24.3 Å². The van der Waals surface area contributed by atoms with Gasteiger partial charge in [-0.3, -0.25) is 0 Å². The Morgan fingerprint density at radius 3 is 2.37 bits per heavy atom. The summed E-state index contributed by atoms with van der Waals surface area (Å²) in [7, 11) is 3.23. The molecule has 0 aliphatic rings. The van der Waals surface area contributed by atoms with Crippen molar-refractivity contribution in [1.29, 1.82) is 0 Å². The number of hydrogen-bond donors (Lipinski definition) is 1. The Labute approximate surface area is 109 Å². The summed E-state index contributed by atoms with van der Waals surface area (Å²) in [5.74, 6) is -0.295. The van der Waals surface area contributed by atoms with Crippen LogP contribution in [0.1, 0.15) is 5.82 Å². The maximum Gasteiger partial charge on any atom is 0.157 e. The minimum atomic E-state index is -0.645. The Kier molecular flexibility index (Phi) is 4.01. The van der Waals surface area contributed by atoms with Crippen molar-refractivity contribution < 1.29 is 13.5 Å². The van der Waals surface area contributed by atoms with Crippen LogP contribution in [0.4, 0.5) is 14.6 Å². The van der Waals surface area contributed by atoms with Crippen LogP contribution >= 0.6 is 0 Å². The Hall–Kier alpha value is -2.08. The van der Waals surface area contributed by atoms with Crippen LogP contribution in [0.2, 0.25) is 0 Å². The second-order valence-corrected chi connectivity index (χ2v) is 3.90. The highest BCUT2D eigenvalue weighted by Gasteiger charge is 2.08. The van der Waals surface area contributed by atoms with Gasteiger partial charge >= 0.3 is 0 Å². The fourth-order valence-corrected chi connectivity index (χ4v) is 1.67. The van der Waals surface area contributed by atoms with Crippen molar-refractivity contribution in [1.82, 2.24) is 9.97 Å². The number of rotatable bonds is 4. The van der Waals surface area contributed by atoms with Gasteiger partial charge in [-0.05, 0) is 12.1 Å². The lowest BCUT2D eigenvalue weighted by molar-refractivity contribution is 0.178. The van der Waals surface area contributed by atoms with Crippen LogP contribution < -0.4 is 5.32 Å². The van der Waals surface area contributed by atoms with Crippen molar-refractivity contribution in [3.05, 3.63) is 41.7 Å². The summed E-state index contributed by atoms with van der Waals surface area (Å²) in [5, 5.41) is 2.87.